The van der Waals surface area contributed by atoms with Crippen LogP contribution >= 0.6 is 40.0 Å². The highest BCUT2D eigenvalue weighted by molar-refractivity contribution is 14.2. The van der Waals surface area contributed by atoms with Crippen LogP contribution in [0.1, 0.15) is 42.2 Å². The van der Waals surface area contributed by atoms with Gasteiger partial charge in [-0.2, -0.15) is 13.2 Å². The van der Waals surface area contributed by atoms with E-state index in [1.165, 1.54) is 28.7 Å². The van der Waals surface area contributed by atoms with Gasteiger partial charge in [-0.15, -0.1) is 5.10 Å². The third kappa shape index (κ3) is 5.92. The molecule has 3 N–H and O–H groups in total. The van der Waals surface area contributed by atoms with Gasteiger partial charge in [0.15, 0.2) is 11.6 Å². The monoisotopic (exact) mass is 799 g/mol. The molecule has 0 radical (unpaired) electrons. The van der Waals surface area contributed by atoms with E-state index in [9.17, 15) is 36.3 Å². The molecule has 1 aliphatic rings. The summed E-state index contributed by atoms with van der Waals surface area (Å²) >= 11 is 8.31. The highest BCUT2D eigenvalue weighted by atomic mass is 127. The summed E-state index contributed by atoms with van der Waals surface area (Å²) in [6, 6.07) is 11.9. The molecular weight excluding hydrogens is 783 g/mol. The molecule has 17 heteroatoms. The molecule has 4 aromatic carbocycles. The first-order valence-electron chi connectivity index (χ1n) is 13.3. The summed E-state index contributed by atoms with van der Waals surface area (Å²) in [4.78, 5) is 41.4. The van der Waals surface area contributed by atoms with E-state index >= 15 is 0 Å². The topological polar surface area (TPSA) is 120 Å². The highest BCUT2D eigenvalue weighted by Crippen LogP contribution is 2.48. The van der Waals surface area contributed by atoms with E-state index in [1.54, 1.807) is 12.1 Å². The number of nitrogens with one attached hydrogen (secondary N) is 1. The van der Waals surface area contributed by atoms with Gasteiger partial charge < -0.3 is 15.8 Å². The van der Waals surface area contributed by atoms with Crippen molar-refractivity contribution in [3.8, 4) is 11.5 Å². The number of rotatable bonds is 7. The van der Waals surface area contributed by atoms with Crippen molar-refractivity contribution in [2.45, 2.75) is 12.7 Å². The number of alkyl halides is 3. The number of carbonyl (C=O) groups is 3. The number of hydrogen-bond acceptors (Lipinski definition) is 6. The number of imide groups is 1. The predicted molar refractivity (Wildman–Crippen MR) is 174 cm³/mol. The molecule has 0 saturated heterocycles. The number of hydrogen-bond donors (Lipinski definition) is 2. The lowest BCUT2D eigenvalue weighted by molar-refractivity contribution is -0.137. The summed E-state index contributed by atoms with van der Waals surface area (Å²) in [5.74, 6) is -5.48. The predicted octanol–water partition coefficient (Wildman–Crippen LogP) is 8.08. The van der Waals surface area contributed by atoms with Gasteiger partial charge in [0, 0.05) is 18.2 Å². The van der Waals surface area contributed by atoms with E-state index in [0.717, 1.165) is 17.0 Å². The smallest absolute Gasteiger partial charge is 0.416 e. The summed E-state index contributed by atoms with van der Waals surface area (Å²) in [6.07, 6.45) is -5.08. The van der Waals surface area contributed by atoms with E-state index in [4.69, 9.17) is 22.1 Å². The Morgan fingerprint density at radius 3 is 2.30 bits per heavy atom. The first kappa shape index (κ1) is 32.7. The maximum absolute atomic E-state index is 14.4. The third-order valence-electron chi connectivity index (χ3n) is 7.11. The molecule has 9 nitrogen and oxygen atoms in total. The average molecular weight is 800 g/mol. The molecule has 3 amide bonds. The van der Waals surface area contributed by atoms with Gasteiger partial charge in [0.1, 0.15) is 17.4 Å². The van der Waals surface area contributed by atoms with Gasteiger partial charge in [-0.1, -0.05) is 23.7 Å². The molecule has 0 bridgehead atoms. The van der Waals surface area contributed by atoms with Gasteiger partial charge in [0.05, 0.1) is 44.7 Å². The van der Waals surface area contributed by atoms with Crippen LogP contribution in [0.25, 0.3) is 10.9 Å². The third-order valence-corrected chi connectivity index (χ3v) is 9.27. The molecule has 47 heavy (non-hydrogen) atoms. The summed E-state index contributed by atoms with van der Waals surface area (Å²) < 4.78 is 76.4. The van der Waals surface area contributed by atoms with Gasteiger partial charge in [-0.3, -0.25) is 14.4 Å². The van der Waals surface area contributed by atoms with Crippen molar-refractivity contribution in [2.24, 2.45) is 5.73 Å². The quantitative estimate of drug-likeness (QED) is 0.0744. The molecule has 0 saturated carbocycles. The average Bonchev–Trinajstić information content (AvgIpc) is 3.53. The molecule has 1 unspecified atom stereocenters. The second-order valence-corrected chi connectivity index (χ2v) is 12.5. The number of aromatic nitrogens is 2. The lowest BCUT2D eigenvalue weighted by atomic mass is 10.1. The normalized spacial score (nSPS) is 13.2. The van der Waals surface area contributed by atoms with Crippen LogP contribution in [0, 0.1) is 11.6 Å². The van der Waals surface area contributed by atoms with Crippen LogP contribution in [0.4, 0.5) is 33.5 Å². The van der Waals surface area contributed by atoms with E-state index in [2.05, 4.69) is 10.4 Å². The van der Waals surface area contributed by atoms with Gasteiger partial charge >= 0.3 is 6.18 Å². The van der Waals surface area contributed by atoms with Crippen LogP contribution in [-0.4, -0.2) is 27.3 Å². The van der Waals surface area contributed by atoms with Crippen LogP contribution in [0.5, 0.6) is 11.5 Å². The Kier molecular flexibility index (Phi) is 8.67. The summed E-state index contributed by atoms with van der Waals surface area (Å²) in [6.45, 7) is -0.188. The van der Waals surface area contributed by atoms with E-state index in [-0.39, 0.29) is 69.0 Å². The minimum Gasteiger partial charge on any atom is -0.453 e. The number of anilines is 2. The molecule has 240 valence electrons. The number of nitrogens with zero attached hydrogens (tertiary/aromatic N) is 3. The number of ether oxygens (including phenoxy) is 1. The van der Waals surface area contributed by atoms with Gasteiger partial charge in [0.2, 0.25) is 0 Å². The van der Waals surface area contributed by atoms with Crippen LogP contribution < -0.4 is 20.7 Å². The number of carbonyl (C=O) groups excluding carboxylic acids is 3. The fourth-order valence-electron chi connectivity index (χ4n) is 5.05. The first-order valence-corrected chi connectivity index (χ1v) is 17.7. The molecular formula is C30H17ClF5IN5O4P. The Morgan fingerprint density at radius 2 is 1.68 bits per heavy atom. The van der Waals surface area contributed by atoms with E-state index in [0.29, 0.717) is 17.7 Å². The lowest BCUT2D eigenvalue weighted by Gasteiger charge is -2.19. The Hall–Kier alpha value is -4.18. The number of halogens is 7. The SMILES string of the molecule is NCc1cc(NC(=O)c2cc(F)cc(C(F)(F)F)c2)c(Oc2cc(F)ccc2Cl)c2c(N3C(=O)c4ccccc4C3=O)nn(PI)c12. The molecule has 5 aromatic rings. The zero-order chi connectivity index (χ0) is 33.8. The van der Waals surface area contributed by atoms with Crippen molar-refractivity contribution in [2.75, 3.05) is 10.2 Å². The Bertz CT molecular complexity index is 2110. The minimum absolute atomic E-state index is 0.0301. The largest absolute Gasteiger partial charge is 0.453 e. The summed E-state index contributed by atoms with van der Waals surface area (Å²) in [5.41, 5.74) is 4.54. The summed E-state index contributed by atoms with van der Waals surface area (Å²) in [5, 5.41) is 6.84. The molecule has 6 rings (SSSR count). The molecule has 0 fully saturated rings. The fourth-order valence-corrected chi connectivity index (χ4v) is 6.73. The summed E-state index contributed by atoms with van der Waals surface area (Å²) in [7, 11) is 0. The number of fused-ring (bicyclic) bond motifs is 2. The van der Waals surface area contributed by atoms with Crippen molar-refractivity contribution in [1.82, 2.24) is 9.55 Å². The van der Waals surface area contributed by atoms with Crippen molar-refractivity contribution in [3.05, 3.63) is 111 Å². The standard InChI is InChI=1S/C30H17ClF5IN5O4P/c31-20-6-5-16(32)11-22(20)46-25-21(39-27(43)13-7-15(30(34,35)36)10-17(33)8-13)9-14(12-38)24-23(25)26(40-42(24)47-37)41-28(44)18-3-1-2-4-19(18)29(41)45/h1-11,47H,12,38H2,(H,39,43). The zero-order valence-electron chi connectivity index (χ0n) is 23.3. The molecule has 1 aromatic heterocycles. The maximum Gasteiger partial charge on any atom is 0.416 e. The first-order chi connectivity index (χ1) is 22.3. The second kappa shape index (κ2) is 12.4. The number of amides is 3. The van der Waals surface area contributed by atoms with Crippen molar-refractivity contribution in [3.63, 3.8) is 0 Å². The number of benzene rings is 4. The van der Waals surface area contributed by atoms with Crippen molar-refractivity contribution in [1.29, 1.82) is 0 Å². The van der Waals surface area contributed by atoms with Crippen LogP contribution in [0.15, 0.2) is 66.7 Å². The Labute approximate surface area is 281 Å². The minimum atomic E-state index is -4.96. The molecule has 2 heterocycles. The van der Waals surface area contributed by atoms with Crippen LogP contribution in [-0.2, 0) is 12.7 Å². The lowest BCUT2D eigenvalue weighted by Crippen LogP contribution is -2.30. The van der Waals surface area contributed by atoms with Gasteiger partial charge in [-0.05, 0) is 76.1 Å². The van der Waals surface area contributed by atoms with Gasteiger partial charge in [0.25, 0.3) is 17.7 Å². The molecule has 0 aliphatic carbocycles. The highest BCUT2D eigenvalue weighted by Gasteiger charge is 2.40. The second-order valence-electron chi connectivity index (χ2n) is 10.0. The van der Waals surface area contributed by atoms with Crippen LogP contribution in [0.2, 0.25) is 5.02 Å². The van der Waals surface area contributed by atoms with Crippen molar-refractivity contribution < 1.29 is 41.1 Å². The van der Waals surface area contributed by atoms with Crippen LogP contribution in [0.3, 0.4) is 0 Å². The number of nitrogens with two attached hydrogens (primary N) is 1. The Balaban J connectivity index is 1.61. The Morgan fingerprint density at radius 1 is 1.00 bits per heavy atom. The van der Waals surface area contributed by atoms with E-state index in [1.807, 2.05) is 22.0 Å². The molecule has 0 spiro atoms. The van der Waals surface area contributed by atoms with Crippen molar-refractivity contribution >= 4 is 80.1 Å². The zero-order valence-corrected chi connectivity index (χ0v) is 27.2. The fraction of sp³-hybridized carbons (Fsp3) is 0.0667. The molecule has 1 aliphatic heterocycles. The van der Waals surface area contributed by atoms with Gasteiger partial charge in [-0.25, -0.2) is 18.1 Å². The maximum atomic E-state index is 14.4. The molecule has 1 atom stereocenters. The van der Waals surface area contributed by atoms with E-state index < -0.39 is 46.7 Å².